The summed E-state index contributed by atoms with van der Waals surface area (Å²) in [6, 6.07) is 9.96. The van der Waals surface area contributed by atoms with Crippen molar-refractivity contribution in [2.75, 3.05) is 26.2 Å². The summed E-state index contributed by atoms with van der Waals surface area (Å²) in [6.07, 6.45) is 0. The van der Waals surface area contributed by atoms with Crippen LogP contribution in [0.2, 0.25) is 5.02 Å². The number of amides is 1. The van der Waals surface area contributed by atoms with E-state index in [0.717, 1.165) is 49.1 Å². The van der Waals surface area contributed by atoms with E-state index in [1.165, 1.54) is 5.56 Å². The Morgan fingerprint density at radius 2 is 1.79 bits per heavy atom. The van der Waals surface area contributed by atoms with Crippen LogP contribution in [0, 0.1) is 13.8 Å². The van der Waals surface area contributed by atoms with E-state index in [1.807, 2.05) is 36.9 Å². The molecule has 5 nitrogen and oxygen atoms in total. The van der Waals surface area contributed by atoms with Gasteiger partial charge in [-0.15, -0.1) is 0 Å². The fraction of sp³-hybridized carbons (Fsp3) is 0.444. The molecule has 24 heavy (non-hydrogen) atoms. The molecule has 1 aromatic carbocycles. The highest BCUT2D eigenvalue weighted by atomic mass is 35.5. The molecular formula is C18H23ClN4O. The summed E-state index contributed by atoms with van der Waals surface area (Å²) >= 11 is 5.92. The number of halogens is 1. The van der Waals surface area contributed by atoms with E-state index in [9.17, 15) is 4.79 Å². The van der Waals surface area contributed by atoms with Crippen LogP contribution in [-0.2, 0) is 17.9 Å². The van der Waals surface area contributed by atoms with Gasteiger partial charge in [0.15, 0.2) is 0 Å². The monoisotopic (exact) mass is 346 g/mol. The summed E-state index contributed by atoms with van der Waals surface area (Å²) < 4.78 is 1.79. The zero-order chi connectivity index (χ0) is 17.1. The number of aromatic nitrogens is 2. The van der Waals surface area contributed by atoms with Crippen molar-refractivity contribution in [3.05, 3.63) is 52.3 Å². The zero-order valence-electron chi connectivity index (χ0n) is 14.2. The molecule has 0 radical (unpaired) electrons. The van der Waals surface area contributed by atoms with E-state index >= 15 is 0 Å². The van der Waals surface area contributed by atoms with Crippen molar-refractivity contribution in [2.45, 2.75) is 26.9 Å². The molecule has 6 heteroatoms. The second-order valence-corrected chi connectivity index (χ2v) is 6.80. The lowest BCUT2D eigenvalue weighted by Crippen LogP contribution is -2.49. The normalized spacial score (nSPS) is 15.7. The zero-order valence-corrected chi connectivity index (χ0v) is 15.0. The van der Waals surface area contributed by atoms with Crippen LogP contribution in [-0.4, -0.2) is 51.7 Å². The van der Waals surface area contributed by atoms with Gasteiger partial charge in [-0.2, -0.15) is 5.10 Å². The van der Waals surface area contributed by atoms with Crippen molar-refractivity contribution in [1.29, 1.82) is 0 Å². The molecule has 1 amide bonds. The maximum absolute atomic E-state index is 12.5. The maximum atomic E-state index is 12.5. The van der Waals surface area contributed by atoms with Crippen LogP contribution < -0.4 is 0 Å². The molecule has 2 aromatic rings. The first-order chi connectivity index (χ1) is 11.5. The van der Waals surface area contributed by atoms with Crippen LogP contribution in [0.4, 0.5) is 0 Å². The van der Waals surface area contributed by atoms with Gasteiger partial charge in [0.1, 0.15) is 6.54 Å². The molecule has 1 aliphatic heterocycles. The average molecular weight is 347 g/mol. The number of benzene rings is 1. The molecule has 1 aromatic heterocycles. The minimum atomic E-state index is 0.146. The number of hydrogen-bond donors (Lipinski definition) is 0. The van der Waals surface area contributed by atoms with Crippen molar-refractivity contribution in [2.24, 2.45) is 0 Å². The lowest BCUT2D eigenvalue weighted by molar-refractivity contribution is -0.133. The highest BCUT2D eigenvalue weighted by Gasteiger charge is 2.21. The molecular weight excluding hydrogens is 324 g/mol. The lowest BCUT2D eigenvalue weighted by atomic mass is 10.2. The fourth-order valence-electron chi connectivity index (χ4n) is 3.07. The van der Waals surface area contributed by atoms with Crippen molar-refractivity contribution in [1.82, 2.24) is 19.6 Å². The van der Waals surface area contributed by atoms with Gasteiger partial charge in [-0.1, -0.05) is 23.7 Å². The number of carbonyl (C=O) groups is 1. The van der Waals surface area contributed by atoms with Gasteiger partial charge < -0.3 is 4.90 Å². The summed E-state index contributed by atoms with van der Waals surface area (Å²) in [7, 11) is 0. The number of carbonyl (C=O) groups excluding carboxylic acids is 1. The molecule has 2 heterocycles. The average Bonchev–Trinajstić information content (AvgIpc) is 2.88. The summed E-state index contributed by atoms with van der Waals surface area (Å²) in [6.45, 7) is 8.49. The van der Waals surface area contributed by atoms with E-state index in [1.54, 1.807) is 4.68 Å². The molecule has 1 aliphatic rings. The Kier molecular flexibility index (Phi) is 5.21. The van der Waals surface area contributed by atoms with Gasteiger partial charge in [-0.3, -0.25) is 14.4 Å². The number of rotatable bonds is 4. The smallest absolute Gasteiger partial charge is 0.244 e. The quantitative estimate of drug-likeness (QED) is 0.854. The van der Waals surface area contributed by atoms with E-state index in [-0.39, 0.29) is 5.91 Å². The van der Waals surface area contributed by atoms with Gasteiger partial charge in [0.05, 0.1) is 5.69 Å². The number of aryl methyl sites for hydroxylation is 2. The Morgan fingerprint density at radius 1 is 1.12 bits per heavy atom. The standard InChI is InChI=1S/C18H23ClN4O/c1-14-11-15(2)23(20-14)13-18(24)22-9-7-21(8-10-22)12-16-3-5-17(19)6-4-16/h3-6,11H,7-10,12-13H2,1-2H3. The van der Waals surface area contributed by atoms with Gasteiger partial charge in [-0.05, 0) is 37.6 Å². The van der Waals surface area contributed by atoms with Crippen molar-refractivity contribution >= 4 is 17.5 Å². The number of nitrogens with zero attached hydrogens (tertiary/aromatic N) is 4. The minimum Gasteiger partial charge on any atom is -0.339 e. The topological polar surface area (TPSA) is 41.4 Å². The largest absolute Gasteiger partial charge is 0.339 e. The SMILES string of the molecule is Cc1cc(C)n(CC(=O)N2CCN(Cc3ccc(Cl)cc3)CC2)n1. The highest BCUT2D eigenvalue weighted by molar-refractivity contribution is 6.30. The molecule has 0 saturated carbocycles. The molecule has 0 atom stereocenters. The second-order valence-electron chi connectivity index (χ2n) is 6.37. The third kappa shape index (κ3) is 4.16. The number of piperazine rings is 1. The molecule has 0 bridgehead atoms. The molecule has 3 rings (SSSR count). The molecule has 1 saturated heterocycles. The van der Waals surface area contributed by atoms with E-state index in [0.29, 0.717) is 6.54 Å². The van der Waals surface area contributed by atoms with Gasteiger partial charge in [0, 0.05) is 43.4 Å². The molecule has 0 N–H and O–H groups in total. The van der Waals surface area contributed by atoms with Gasteiger partial charge in [0.2, 0.25) is 5.91 Å². The maximum Gasteiger partial charge on any atom is 0.244 e. The first-order valence-corrected chi connectivity index (χ1v) is 8.65. The Bertz CT molecular complexity index is 702. The molecule has 1 fully saturated rings. The molecule has 0 aliphatic carbocycles. The Hall–Kier alpha value is -1.85. The van der Waals surface area contributed by atoms with Crippen LogP contribution in [0.1, 0.15) is 17.0 Å². The summed E-state index contributed by atoms with van der Waals surface area (Å²) in [5, 5.41) is 5.13. The number of hydrogen-bond acceptors (Lipinski definition) is 3. The van der Waals surface area contributed by atoms with Crippen LogP contribution in [0.5, 0.6) is 0 Å². The van der Waals surface area contributed by atoms with Crippen molar-refractivity contribution in [3.63, 3.8) is 0 Å². The molecule has 0 unspecified atom stereocenters. The van der Waals surface area contributed by atoms with E-state index in [4.69, 9.17) is 11.6 Å². The summed E-state index contributed by atoms with van der Waals surface area (Å²) in [5.74, 6) is 0.146. The van der Waals surface area contributed by atoms with Gasteiger partial charge >= 0.3 is 0 Å². The van der Waals surface area contributed by atoms with Gasteiger partial charge in [0.25, 0.3) is 0 Å². The Morgan fingerprint density at radius 3 is 2.38 bits per heavy atom. The van der Waals surface area contributed by atoms with Crippen LogP contribution in [0.15, 0.2) is 30.3 Å². The third-order valence-electron chi connectivity index (χ3n) is 4.43. The molecule has 0 spiro atoms. The molecule has 128 valence electrons. The predicted octanol–water partition coefficient (Wildman–Crippen LogP) is 2.50. The van der Waals surface area contributed by atoms with E-state index < -0.39 is 0 Å². The summed E-state index contributed by atoms with van der Waals surface area (Å²) in [5.41, 5.74) is 3.23. The van der Waals surface area contributed by atoms with Crippen LogP contribution in [0.3, 0.4) is 0 Å². The van der Waals surface area contributed by atoms with Crippen LogP contribution >= 0.6 is 11.6 Å². The fourth-order valence-corrected chi connectivity index (χ4v) is 3.19. The Labute approximate surface area is 147 Å². The Balaban J connectivity index is 1.50. The first kappa shape index (κ1) is 17.0. The third-order valence-corrected chi connectivity index (χ3v) is 4.68. The highest BCUT2D eigenvalue weighted by Crippen LogP contribution is 2.13. The van der Waals surface area contributed by atoms with E-state index in [2.05, 4.69) is 22.1 Å². The predicted molar refractivity (Wildman–Crippen MR) is 95.0 cm³/mol. The van der Waals surface area contributed by atoms with Gasteiger partial charge in [-0.25, -0.2) is 0 Å². The summed E-state index contributed by atoms with van der Waals surface area (Å²) in [4.78, 5) is 16.8. The minimum absolute atomic E-state index is 0.146. The lowest BCUT2D eigenvalue weighted by Gasteiger charge is -2.34. The van der Waals surface area contributed by atoms with Crippen LogP contribution in [0.25, 0.3) is 0 Å². The van der Waals surface area contributed by atoms with Crippen molar-refractivity contribution < 1.29 is 4.79 Å². The second kappa shape index (κ2) is 7.36. The van der Waals surface area contributed by atoms with Crippen molar-refractivity contribution in [3.8, 4) is 0 Å². The first-order valence-electron chi connectivity index (χ1n) is 8.27.